The van der Waals surface area contributed by atoms with E-state index in [1.54, 1.807) is 11.8 Å². The van der Waals surface area contributed by atoms with Crippen molar-refractivity contribution in [1.82, 2.24) is 5.32 Å². The summed E-state index contributed by atoms with van der Waals surface area (Å²) in [5.74, 6) is 0.552. The summed E-state index contributed by atoms with van der Waals surface area (Å²) in [6.07, 6.45) is -0.557. The Kier molecular flexibility index (Phi) is 8.96. The minimum absolute atomic E-state index is 0.0432. The molecule has 0 aliphatic carbocycles. The molecule has 11 heteroatoms. The molecule has 0 unspecified atom stereocenters. The molecule has 0 aromatic rings. The maximum absolute atomic E-state index is 11.5. The van der Waals surface area contributed by atoms with E-state index in [4.69, 9.17) is 51.8 Å². The van der Waals surface area contributed by atoms with E-state index in [0.29, 0.717) is 6.42 Å². The van der Waals surface area contributed by atoms with Crippen LogP contribution in [0.25, 0.3) is 0 Å². The second-order valence-corrected chi connectivity index (χ2v) is 10.3. The first-order valence-electron chi connectivity index (χ1n) is 6.23. The summed E-state index contributed by atoms with van der Waals surface area (Å²) >= 11 is 24.5. The van der Waals surface area contributed by atoms with Gasteiger partial charge in [-0.25, -0.2) is 4.79 Å². The van der Waals surface area contributed by atoms with Crippen LogP contribution >= 0.6 is 70.5 Å². The van der Waals surface area contributed by atoms with E-state index in [-0.39, 0.29) is 23.8 Å². The van der Waals surface area contributed by atoms with Crippen molar-refractivity contribution in [3.63, 3.8) is 0 Å². The lowest BCUT2D eigenvalue weighted by molar-refractivity contribution is -0.133. The Morgan fingerprint density at radius 3 is 2.64 bits per heavy atom. The molecule has 2 atom stereocenters. The Morgan fingerprint density at radius 2 is 2.09 bits per heavy atom. The fourth-order valence-corrected chi connectivity index (χ4v) is 4.30. The zero-order chi connectivity index (χ0) is 16.8. The lowest BCUT2D eigenvalue weighted by Crippen LogP contribution is -2.56. The van der Waals surface area contributed by atoms with Crippen molar-refractivity contribution in [3.05, 3.63) is 0 Å². The van der Waals surface area contributed by atoms with Crippen molar-refractivity contribution < 1.29 is 19.1 Å². The maximum Gasteiger partial charge on any atom is 0.508 e. The lowest BCUT2D eigenvalue weighted by Gasteiger charge is -2.35. The minimum Gasteiger partial charge on any atom is -0.434 e. The second kappa shape index (κ2) is 9.64. The molecule has 1 fully saturated rings. The molecule has 1 aliphatic heterocycles. The Labute approximate surface area is 157 Å². The highest BCUT2D eigenvalue weighted by Gasteiger charge is 2.40. The van der Waals surface area contributed by atoms with Crippen LogP contribution in [0.2, 0.25) is 0 Å². The zero-order valence-electron chi connectivity index (χ0n) is 11.5. The van der Waals surface area contributed by atoms with Gasteiger partial charge in [-0.2, -0.15) is 0 Å². The van der Waals surface area contributed by atoms with Crippen molar-refractivity contribution in [1.29, 1.82) is 0 Å². The van der Waals surface area contributed by atoms with E-state index < -0.39 is 16.6 Å². The van der Waals surface area contributed by atoms with Crippen LogP contribution in [0.5, 0.6) is 0 Å². The summed E-state index contributed by atoms with van der Waals surface area (Å²) in [4.78, 5) is 22.8. The summed E-state index contributed by atoms with van der Waals surface area (Å²) in [5.41, 5.74) is 0. The number of alkyl halides is 3. The SMILES string of the molecule is CCSC(=S)S[C@H]1NC(=O)[C@H]1CCOC(=O)OCC(Cl)(Cl)Cl. The van der Waals surface area contributed by atoms with E-state index in [1.165, 1.54) is 11.8 Å². The smallest absolute Gasteiger partial charge is 0.434 e. The van der Waals surface area contributed by atoms with E-state index in [2.05, 4.69) is 10.1 Å². The molecule has 1 heterocycles. The first kappa shape index (κ1) is 20.4. The molecule has 1 aliphatic rings. The van der Waals surface area contributed by atoms with Gasteiger partial charge in [0.15, 0.2) is 0 Å². The predicted octanol–water partition coefficient (Wildman–Crippen LogP) is 3.74. The molecular formula is C11H14Cl3NO4S3. The molecule has 1 rings (SSSR count). The van der Waals surface area contributed by atoms with Gasteiger partial charge in [-0.3, -0.25) is 4.79 Å². The average Bonchev–Trinajstić information content (AvgIpc) is 2.40. The van der Waals surface area contributed by atoms with Gasteiger partial charge in [0.25, 0.3) is 0 Å². The van der Waals surface area contributed by atoms with Crippen LogP contribution in [-0.2, 0) is 14.3 Å². The number of hydrogen-bond donors (Lipinski definition) is 1. The van der Waals surface area contributed by atoms with Gasteiger partial charge < -0.3 is 14.8 Å². The standard InChI is InChI=1S/C11H14Cl3NO4S3/c1-2-21-10(20)22-8-6(7(16)15-8)3-4-18-9(17)19-5-11(12,13)14/h6,8H,2-5H2,1H3,(H,15,16)/t6-,8-/m1/s1. The third-order valence-electron chi connectivity index (χ3n) is 2.47. The Bertz CT molecular complexity index is 433. The quantitative estimate of drug-likeness (QED) is 0.300. The largest absolute Gasteiger partial charge is 0.508 e. The number of thioether (sulfide) groups is 2. The number of nitrogens with one attached hydrogen (secondary N) is 1. The first-order valence-corrected chi connectivity index (χ1v) is 9.63. The van der Waals surface area contributed by atoms with Crippen LogP contribution in [0.3, 0.4) is 0 Å². The Morgan fingerprint density at radius 1 is 1.41 bits per heavy atom. The Hall–Kier alpha value is 0.400. The van der Waals surface area contributed by atoms with Crippen molar-refractivity contribution >= 4 is 86.1 Å². The van der Waals surface area contributed by atoms with Gasteiger partial charge in [-0.05, 0) is 12.2 Å². The van der Waals surface area contributed by atoms with Crippen LogP contribution in [0, 0.1) is 5.92 Å². The molecule has 0 radical (unpaired) electrons. The fraction of sp³-hybridized carbons (Fsp3) is 0.727. The van der Waals surface area contributed by atoms with Gasteiger partial charge in [0.05, 0.1) is 17.9 Å². The van der Waals surface area contributed by atoms with Crippen LogP contribution in [0.4, 0.5) is 4.79 Å². The molecule has 0 saturated carbocycles. The van der Waals surface area contributed by atoms with Gasteiger partial charge in [-0.15, -0.1) is 11.8 Å². The zero-order valence-corrected chi connectivity index (χ0v) is 16.2. The molecule has 1 amide bonds. The summed E-state index contributed by atoms with van der Waals surface area (Å²) in [6, 6.07) is 0. The summed E-state index contributed by atoms with van der Waals surface area (Å²) in [5, 5.41) is 2.68. The van der Waals surface area contributed by atoms with Gasteiger partial charge in [0.2, 0.25) is 9.70 Å². The Balaban J connectivity index is 2.24. The van der Waals surface area contributed by atoms with Gasteiger partial charge >= 0.3 is 6.16 Å². The monoisotopic (exact) mass is 425 g/mol. The first-order chi connectivity index (χ1) is 10.2. The number of β-lactam (4-membered cyclic amide) rings is 1. The second-order valence-electron chi connectivity index (χ2n) is 4.13. The van der Waals surface area contributed by atoms with Crippen LogP contribution < -0.4 is 5.32 Å². The molecular weight excluding hydrogens is 413 g/mol. The van der Waals surface area contributed by atoms with Crippen molar-refractivity contribution in [3.8, 4) is 0 Å². The number of thiocarbonyl (C=S) groups is 1. The summed E-state index contributed by atoms with van der Waals surface area (Å²) in [7, 11) is 0. The topological polar surface area (TPSA) is 64.6 Å². The number of halogens is 3. The number of ether oxygens (including phenoxy) is 2. The number of carbonyl (C=O) groups excluding carboxylic acids is 2. The minimum atomic E-state index is -1.68. The molecule has 5 nitrogen and oxygen atoms in total. The van der Waals surface area contributed by atoms with E-state index in [9.17, 15) is 9.59 Å². The average molecular weight is 427 g/mol. The number of rotatable bonds is 6. The van der Waals surface area contributed by atoms with Crippen molar-refractivity contribution in [2.45, 2.75) is 22.5 Å². The van der Waals surface area contributed by atoms with Crippen LogP contribution in [0.1, 0.15) is 13.3 Å². The third-order valence-corrected chi connectivity index (χ3v) is 5.50. The van der Waals surface area contributed by atoms with E-state index in [1.807, 2.05) is 6.92 Å². The molecule has 0 aromatic carbocycles. The van der Waals surface area contributed by atoms with Gasteiger partial charge in [0, 0.05) is 0 Å². The van der Waals surface area contributed by atoms with Crippen molar-refractivity contribution in [2.24, 2.45) is 5.92 Å². The van der Waals surface area contributed by atoms with Crippen LogP contribution in [-0.4, -0.2) is 43.7 Å². The van der Waals surface area contributed by atoms with Gasteiger partial charge in [0.1, 0.15) is 10.1 Å². The van der Waals surface area contributed by atoms with Crippen molar-refractivity contribution in [2.75, 3.05) is 19.0 Å². The van der Waals surface area contributed by atoms with Gasteiger partial charge in [-0.1, -0.05) is 65.7 Å². The molecule has 126 valence electrons. The lowest BCUT2D eigenvalue weighted by atomic mass is 9.98. The number of amides is 1. The van der Waals surface area contributed by atoms with Crippen LogP contribution in [0.15, 0.2) is 0 Å². The maximum atomic E-state index is 11.5. The molecule has 0 spiro atoms. The number of carbonyl (C=O) groups is 2. The summed E-state index contributed by atoms with van der Waals surface area (Å²) < 4.78 is 8.53. The molecule has 1 saturated heterocycles. The number of hydrogen-bond acceptors (Lipinski definition) is 7. The highest BCUT2D eigenvalue weighted by Crippen LogP contribution is 2.32. The van der Waals surface area contributed by atoms with E-state index in [0.717, 1.165) is 9.28 Å². The fourth-order valence-electron chi connectivity index (χ4n) is 1.49. The third kappa shape index (κ3) is 7.79. The molecule has 0 aromatic heterocycles. The highest BCUT2D eigenvalue weighted by molar-refractivity contribution is 8.47. The molecule has 0 bridgehead atoms. The summed E-state index contributed by atoms with van der Waals surface area (Å²) in [6.45, 7) is 1.65. The van der Waals surface area contributed by atoms with E-state index >= 15 is 0 Å². The predicted molar refractivity (Wildman–Crippen MR) is 95.9 cm³/mol. The molecule has 1 N–H and O–H groups in total. The molecule has 22 heavy (non-hydrogen) atoms. The highest BCUT2D eigenvalue weighted by atomic mass is 35.6. The normalized spacial score (nSPS) is 20.8.